The van der Waals surface area contributed by atoms with E-state index in [1.54, 1.807) is 6.07 Å². The van der Waals surface area contributed by atoms with Gasteiger partial charge in [-0.3, -0.25) is 0 Å². The number of hydrogen-bond acceptors (Lipinski definition) is 2. The van der Waals surface area contributed by atoms with Crippen LogP contribution in [0, 0.1) is 6.92 Å². The Morgan fingerprint density at radius 3 is 2.82 bits per heavy atom. The van der Waals surface area contributed by atoms with Crippen molar-refractivity contribution < 1.29 is 9.22 Å². The summed E-state index contributed by atoms with van der Waals surface area (Å²) < 4.78 is 4.69. The van der Waals surface area contributed by atoms with E-state index in [9.17, 15) is 4.79 Å². The molecule has 0 atom stereocenters. The molecule has 3 heteroatoms. The number of aryl methyl sites for hydroxylation is 1. The standard InChI is InChI=1S/C8H10O2Si/c1-6-3-2-4-7(5-6)8(9)10-11/h2-5H,1,11H3. The second-order valence-electron chi connectivity index (χ2n) is 2.36. The highest BCUT2D eigenvalue weighted by atomic mass is 28.2. The molecule has 11 heavy (non-hydrogen) atoms. The van der Waals surface area contributed by atoms with Gasteiger partial charge in [-0.05, 0) is 19.1 Å². The highest BCUT2D eigenvalue weighted by Gasteiger charge is 2.01. The van der Waals surface area contributed by atoms with Crippen LogP contribution < -0.4 is 0 Å². The number of carbonyl (C=O) groups is 1. The van der Waals surface area contributed by atoms with Crippen molar-refractivity contribution in [1.82, 2.24) is 0 Å². The van der Waals surface area contributed by atoms with Gasteiger partial charge in [0.15, 0.2) is 0 Å². The Kier molecular flexibility index (Phi) is 2.43. The monoisotopic (exact) mass is 166 g/mol. The zero-order valence-electron chi connectivity index (χ0n) is 6.63. The van der Waals surface area contributed by atoms with Crippen LogP contribution in [0.2, 0.25) is 0 Å². The van der Waals surface area contributed by atoms with Crippen molar-refractivity contribution in [2.75, 3.05) is 0 Å². The molecule has 2 nitrogen and oxygen atoms in total. The third-order valence-corrected chi connectivity index (χ3v) is 1.81. The van der Waals surface area contributed by atoms with Crippen LogP contribution >= 0.6 is 0 Å². The molecular weight excluding hydrogens is 156 g/mol. The minimum atomic E-state index is -0.222. The zero-order valence-corrected chi connectivity index (χ0v) is 8.63. The second kappa shape index (κ2) is 3.34. The van der Waals surface area contributed by atoms with E-state index in [4.69, 9.17) is 4.43 Å². The molecule has 0 fully saturated rings. The van der Waals surface area contributed by atoms with Gasteiger partial charge in [-0.15, -0.1) is 0 Å². The Bertz CT molecular complexity index is 271. The van der Waals surface area contributed by atoms with Gasteiger partial charge in [-0.2, -0.15) is 0 Å². The summed E-state index contributed by atoms with van der Waals surface area (Å²) in [7, 11) is 0.456. The summed E-state index contributed by atoms with van der Waals surface area (Å²) >= 11 is 0. The molecule has 58 valence electrons. The molecule has 1 aromatic carbocycles. The van der Waals surface area contributed by atoms with Crippen molar-refractivity contribution in [1.29, 1.82) is 0 Å². The fraction of sp³-hybridized carbons (Fsp3) is 0.125. The molecule has 0 radical (unpaired) electrons. The van der Waals surface area contributed by atoms with Crippen molar-refractivity contribution in [3.63, 3.8) is 0 Å². The number of rotatable bonds is 1. The quantitative estimate of drug-likeness (QED) is 0.566. The van der Waals surface area contributed by atoms with Gasteiger partial charge >= 0.3 is 5.97 Å². The maximum Gasteiger partial charge on any atom is 0.324 e. The molecule has 0 N–H and O–H groups in total. The van der Waals surface area contributed by atoms with Gasteiger partial charge in [0.2, 0.25) is 10.5 Å². The maximum absolute atomic E-state index is 11.0. The van der Waals surface area contributed by atoms with Crippen molar-refractivity contribution >= 4 is 16.5 Å². The summed E-state index contributed by atoms with van der Waals surface area (Å²) in [5, 5.41) is 0. The average Bonchev–Trinajstić information content (AvgIpc) is 2.03. The first kappa shape index (κ1) is 8.01. The van der Waals surface area contributed by atoms with Crippen molar-refractivity contribution in [3.8, 4) is 0 Å². The number of carbonyl (C=O) groups excluding carboxylic acids is 1. The van der Waals surface area contributed by atoms with Crippen LogP contribution in [-0.2, 0) is 4.43 Å². The maximum atomic E-state index is 11.0. The van der Waals surface area contributed by atoms with Crippen molar-refractivity contribution in [2.24, 2.45) is 0 Å². The summed E-state index contributed by atoms with van der Waals surface area (Å²) in [5.74, 6) is -0.222. The zero-order chi connectivity index (χ0) is 8.27. The highest BCUT2D eigenvalue weighted by molar-refractivity contribution is 6.09. The van der Waals surface area contributed by atoms with Gasteiger partial charge in [-0.25, -0.2) is 4.79 Å². The minimum absolute atomic E-state index is 0.222. The second-order valence-corrected chi connectivity index (χ2v) is 2.77. The van der Waals surface area contributed by atoms with E-state index in [0.29, 0.717) is 16.0 Å². The molecule has 0 saturated carbocycles. The van der Waals surface area contributed by atoms with Crippen molar-refractivity contribution in [2.45, 2.75) is 6.92 Å². The molecule has 0 spiro atoms. The van der Waals surface area contributed by atoms with Crippen LogP contribution in [0.5, 0.6) is 0 Å². The van der Waals surface area contributed by atoms with Crippen LogP contribution in [0.15, 0.2) is 24.3 Å². The normalized spacial score (nSPS) is 9.55. The van der Waals surface area contributed by atoms with E-state index in [1.165, 1.54) is 0 Å². The summed E-state index contributed by atoms with van der Waals surface area (Å²) in [5.41, 5.74) is 1.72. The number of hydrogen-bond donors (Lipinski definition) is 0. The fourth-order valence-electron chi connectivity index (χ4n) is 0.890. The fourth-order valence-corrected chi connectivity index (χ4v) is 1.13. The smallest absolute Gasteiger partial charge is 0.324 e. The van der Waals surface area contributed by atoms with Gasteiger partial charge < -0.3 is 4.43 Å². The Morgan fingerprint density at radius 2 is 2.27 bits per heavy atom. The molecule has 0 unspecified atom stereocenters. The molecule has 0 bridgehead atoms. The first-order valence-electron chi connectivity index (χ1n) is 3.39. The summed E-state index contributed by atoms with van der Waals surface area (Å²) in [4.78, 5) is 11.0. The summed E-state index contributed by atoms with van der Waals surface area (Å²) in [6.45, 7) is 1.95. The Labute approximate surface area is 68.7 Å². The Morgan fingerprint density at radius 1 is 1.55 bits per heavy atom. The predicted molar refractivity (Wildman–Crippen MR) is 46.5 cm³/mol. The van der Waals surface area contributed by atoms with Gasteiger partial charge in [0.25, 0.3) is 0 Å². The third-order valence-electron chi connectivity index (χ3n) is 1.44. The van der Waals surface area contributed by atoms with E-state index in [0.717, 1.165) is 5.56 Å². The van der Waals surface area contributed by atoms with E-state index in [2.05, 4.69) is 0 Å². The lowest BCUT2D eigenvalue weighted by molar-refractivity contribution is 0.0749. The SMILES string of the molecule is Cc1cccc(C(=O)O[SiH3])c1. The van der Waals surface area contributed by atoms with E-state index in [-0.39, 0.29) is 5.97 Å². The first-order chi connectivity index (χ1) is 5.24. The van der Waals surface area contributed by atoms with Crippen LogP contribution in [-0.4, -0.2) is 16.5 Å². The number of benzene rings is 1. The highest BCUT2D eigenvalue weighted by Crippen LogP contribution is 2.04. The topological polar surface area (TPSA) is 26.3 Å². The van der Waals surface area contributed by atoms with E-state index in [1.807, 2.05) is 25.1 Å². The van der Waals surface area contributed by atoms with Crippen LogP contribution in [0.25, 0.3) is 0 Å². The van der Waals surface area contributed by atoms with Crippen LogP contribution in [0.3, 0.4) is 0 Å². The van der Waals surface area contributed by atoms with E-state index >= 15 is 0 Å². The Hall–Kier alpha value is -1.09. The molecule has 0 aliphatic heterocycles. The molecule has 0 heterocycles. The van der Waals surface area contributed by atoms with Crippen molar-refractivity contribution in [3.05, 3.63) is 35.4 Å². The Balaban J connectivity index is 2.96. The summed E-state index contributed by atoms with van der Waals surface area (Å²) in [6.07, 6.45) is 0. The lowest BCUT2D eigenvalue weighted by atomic mass is 10.1. The first-order valence-corrected chi connectivity index (χ1v) is 4.20. The largest absolute Gasteiger partial charge is 0.525 e. The third kappa shape index (κ3) is 1.91. The average molecular weight is 166 g/mol. The molecule has 0 aromatic heterocycles. The lowest BCUT2D eigenvalue weighted by Gasteiger charge is -1.99. The molecular formula is C8H10O2Si. The van der Waals surface area contributed by atoms with Crippen LogP contribution in [0.1, 0.15) is 15.9 Å². The minimum Gasteiger partial charge on any atom is -0.525 e. The van der Waals surface area contributed by atoms with E-state index < -0.39 is 0 Å². The van der Waals surface area contributed by atoms with Gasteiger partial charge in [-0.1, -0.05) is 17.7 Å². The predicted octanol–water partition coefficient (Wildman–Crippen LogP) is 0.432. The van der Waals surface area contributed by atoms with Gasteiger partial charge in [0, 0.05) is 0 Å². The molecule has 0 aliphatic rings. The van der Waals surface area contributed by atoms with Gasteiger partial charge in [0.1, 0.15) is 0 Å². The van der Waals surface area contributed by atoms with Gasteiger partial charge in [0.05, 0.1) is 5.56 Å². The molecule has 0 aliphatic carbocycles. The lowest BCUT2D eigenvalue weighted by Crippen LogP contribution is -2.01. The molecule has 0 saturated heterocycles. The van der Waals surface area contributed by atoms with Crippen LogP contribution in [0.4, 0.5) is 0 Å². The summed E-state index contributed by atoms with van der Waals surface area (Å²) in [6, 6.07) is 7.38. The molecule has 0 amide bonds. The molecule has 1 aromatic rings. The molecule has 1 rings (SSSR count).